The number of anilines is 1. The number of nitrogens with two attached hydrogens (primary N) is 1. The topological polar surface area (TPSA) is 221 Å². The van der Waals surface area contributed by atoms with Crippen LogP contribution in [0, 0.1) is 0 Å². The first-order valence-electron chi connectivity index (χ1n) is 9.13. The van der Waals surface area contributed by atoms with E-state index in [-0.39, 0.29) is 46.7 Å². The SMILES string of the molecule is Cn1c[n+]([C@@H]2O[C@H](COP(=O)(O)OP(=O)(O)n3ccnc3)[C@@H](O)[C@H]2F)c2nc(N)[nH]c(=O)c21.[Na+]. The van der Waals surface area contributed by atoms with Crippen LogP contribution in [0.5, 0.6) is 0 Å². The van der Waals surface area contributed by atoms with Crippen LogP contribution < -0.4 is 45.4 Å². The minimum absolute atomic E-state index is 0. The zero-order valence-corrected chi connectivity index (χ0v) is 21.5. The number of aliphatic hydroxyl groups excluding tert-OH is 1. The molecule has 0 aromatic carbocycles. The van der Waals surface area contributed by atoms with Gasteiger partial charge in [-0.15, -0.1) is 0 Å². The molecular formula is C14H19FN7NaO9P2+2. The van der Waals surface area contributed by atoms with E-state index < -0.39 is 52.3 Å². The molecule has 1 fully saturated rings. The molecule has 1 aliphatic rings. The Bertz CT molecular complexity index is 1340. The number of nitrogens with zero attached hydrogens (tertiary/aromatic N) is 5. The molecule has 1 saturated heterocycles. The number of nitrogens with one attached hydrogen (secondary N) is 1. The van der Waals surface area contributed by atoms with E-state index in [1.54, 1.807) is 0 Å². The smallest absolute Gasteiger partial charge is 0.387 e. The second kappa shape index (κ2) is 9.87. The molecule has 0 spiro atoms. The van der Waals surface area contributed by atoms with Gasteiger partial charge in [-0.3, -0.25) is 18.9 Å². The van der Waals surface area contributed by atoms with Crippen LogP contribution in [0.15, 0.2) is 29.8 Å². The summed E-state index contributed by atoms with van der Waals surface area (Å²) in [5.74, 6) is -0.231. The fourth-order valence-electron chi connectivity index (χ4n) is 3.29. The van der Waals surface area contributed by atoms with Gasteiger partial charge in [0.1, 0.15) is 18.5 Å². The van der Waals surface area contributed by atoms with E-state index >= 15 is 0 Å². The summed E-state index contributed by atoms with van der Waals surface area (Å²) in [6, 6.07) is 0. The van der Waals surface area contributed by atoms with Crippen LogP contribution in [-0.4, -0.2) is 63.7 Å². The Hall–Kier alpha value is -1.49. The minimum atomic E-state index is -5.15. The van der Waals surface area contributed by atoms with Crippen LogP contribution in [0.4, 0.5) is 10.3 Å². The molecule has 0 radical (unpaired) electrons. The van der Waals surface area contributed by atoms with Gasteiger partial charge >= 0.3 is 50.8 Å². The molecule has 6 N–H and O–H groups in total. The van der Waals surface area contributed by atoms with Crippen molar-refractivity contribution < 1.29 is 76.1 Å². The second-order valence-corrected chi connectivity index (χ2v) is 10.3. The van der Waals surface area contributed by atoms with E-state index in [0.717, 1.165) is 23.3 Å². The molecule has 16 nitrogen and oxygen atoms in total. The van der Waals surface area contributed by atoms with Crippen molar-refractivity contribution in [2.75, 3.05) is 12.3 Å². The van der Waals surface area contributed by atoms with E-state index in [1.807, 2.05) is 0 Å². The Balaban J connectivity index is 0.00000324. The third-order valence-electron chi connectivity index (χ3n) is 4.75. The van der Waals surface area contributed by atoms with Gasteiger partial charge in [-0.2, -0.15) is 4.31 Å². The fraction of sp³-hybridized carbons (Fsp3) is 0.429. The number of hydrogen-bond acceptors (Lipinski definition) is 10. The molecular weight excluding hydrogens is 514 g/mol. The summed E-state index contributed by atoms with van der Waals surface area (Å²) in [6.07, 6.45) is -2.53. The van der Waals surface area contributed by atoms with Gasteiger partial charge < -0.3 is 25.4 Å². The maximum absolute atomic E-state index is 14.9. The number of imidazole rings is 2. The Kier molecular flexibility index (Phi) is 7.87. The number of fused-ring (bicyclic) bond motifs is 1. The van der Waals surface area contributed by atoms with Gasteiger partial charge in [-0.25, -0.2) is 27.4 Å². The summed E-state index contributed by atoms with van der Waals surface area (Å²) in [6.45, 7) is -0.878. The molecule has 0 bridgehead atoms. The number of rotatable bonds is 7. The molecule has 4 heterocycles. The van der Waals surface area contributed by atoms with Crippen LogP contribution in [-0.2, 0) is 29.7 Å². The molecule has 180 valence electrons. The Morgan fingerprint density at radius 3 is 2.76 bits per heavy atom. The standard InChI is InChI=1S/C14H18FN7O9P2.Na/c1-20-6-22(11-9(20)12(24)19-14(16)18-11)13-8(15)10(23)7(30-13)4-29-33(27,28)31-32(25,26)21-3-2-17-5-21;/h2-3,5-8,10,13,23H,4H2,1H3,(H4-,16,18,19,24,25,26,27,28);/q;+1/p+1/t7-,8-,10-,13-;/m1./s1. The van der Waals surface area contributed by atoms with Crippen LogP contribution in [0.3, 0.4) is 0 Å². The van der Waals surface area contributed by atoms with Crippen molar-refractivity contribution in [2.45, 2.75) is 24.6 Å². The molecule has 20 heteroatoms. The van der Waals surface area contributed by atoms with Gasteiger partial charge in [0.15, 0.2) is 12.5 Å². The van der Waals surface area contributed by atoms with Crippen LogP contribution in [0.1, 0.15) is 6.23 Å². The second-order valence-electron chi connectivity index (χ2n) is 7.04. The van der Waals surface area contributed by atoms with E-state index in [1.165, 1.54) is 17.9 Å². The minimum Gasteiger partial charge on any atom is -0.387 e. The van der Waals surface area contributed by atoms with Gasteiger partial charge in [0.2, 0.25) is 11.7 Å². The summed E-state index contributed by atoms with van der Waals surface area (Å²) in [4.78, 5) is 41.5. The van der Waals surface area contributed by atoms with Gasteiger partial charge in [0, 0.05) is 12.4 Å². The van der Waals surface area contributed by atoms with Crippen molar-refractivity contribution in [2.24, 2.45) is 7.05 Å². The predicted octanol–water partition coefficient (Wildman–Crippen LogP) is -4.29. The third kappa shape index (κ3) is 5.20. The van der Waals surface area contributed by atoms with Crippen molar-refractivity contribution >= 4 is 32.7 Å². The quantitative estimate of drug-likeness (QED) is 0.111. The number of phosphoric ester groups is 1. The molecule has 0 aliphatic carbocycles. The number of aromatic amines is 1. The first kappa shape index (κ1) is 27.1. The number of halogens is 1. The summed E-state index contributed by atoms with van der Waals surface area (Å²) < 4.78 is 56.5. The largest absolute Gasteiger partial charge is 1.00 e. The number of H-pyrrole nitrogens is 1. The molecule has 0 amide bonds. The van der Waals surface area contributed by atoms with Crippen molar-refractivity contribution in [3.05, 3.63) is 35.4 Å². The average molecular weight is 533 g/mol. The van der Waals surface area contributed by atoms with Crippen LogP contribution in [0.25, 0.3) is 11.2 Å². The molecule has 2 unspecified atom stereocenters. The van der Waals surface area contributed by atoms with Gasteiger partial charge in [0.25, 0.3) is 11.5 Å². The number of aliphatic hydroxyl groups is 1. The summed E-state index contributed by atoms with van der Waals surface area (Å²) in [7, 11) is -8.48. The van der Waals surface area contributed by atoms with Gasteiger partial charge in [-0.1, -0.05) is 4.98 Å². The van der Waals surface area contributed by atoms with E-state index in [0.29, 0.717) is 4.34 Å². The first-order chi connectivity index (χ1) is 15.4. The summed E-state index contributed by atoms with van der Waals surface area (Å²) in [5, 5.41) is 10.2. The Morgan fingerprint density at radius 2 is 2.12 bits per heavy atom. The number of hydrogen-bond donors (Lipinski definition) is 5. The fourth-order valence-corrected chi connectivity index (χ4v) is 5.64. The molecule has 4 rings (SSSR count). The monoisotopic (exact) mass is 533 g/mol. The van der Waals surface area contributed by atoms with E-state index in [2.05, 4.69) is 23.8 Å². The molecule has 3 aromatic rings. The van der Waals surface area contributed by atoms with Crippen LogP contribution in [0.2, 0.25) is 0 Å². The van der Waals surface area contributed by atoms with Crippen molar-refractivity contribution in [1.29, 1.82) is 0 Å². The zero-order chi connectivity index (χ0) is 24.1. The summed E-state index contributed by atoms with van der Waals surface area (Å²) >= 11 is 0. The maximum Gasteiger partial charge on any atom is 1.00 e. The Morgan fingerprint density at radius 1 is 1.41 bits per heavy atom. The Labute approximate surface area is 211 Å². The van der Waals surface area contributed by atoms with Crippen molar-refractivity contribution in [3.8, 4) is 0 Å². The number of ether oxygens (including phenoxy) is 1. The van der Waals surface area contributed by atoms with Crippen molar-refractivity contribution in [3.63, 3.8) is 0 Å². The predicted molar refractivity (Wildman–Crippen MR) is 105 cm³/mol. The number of aromatic nitrogens is 6. The van der Waals surface area contributed by atoms with Crippen molar-refractivity contribution in [1.82, 2.24) is 23.9 Å². The zero-order valence-electron chi connectivity index (χ0n) is 17.7. The average Bonchev–Trinajstić information content (AvgIpc) is 3.41. The number of nitrogen functional groups attached to an aromatic ring is 1. The molecule has 34 heavy (non-hydrogen) atoms. The normalized spacial score (nSPS) is 26.1. The molecule has 3 aromatic heterocycles. The van der Waals surface area contributed by atoms with Gasteiger partial charge in [0.05, 0.1) is 13.7 Å². The third-order valence-corrected chi connectivity index (χ3v) is 7.72. The number of aryl methyl sites for hydroxylation is 1. The van der Waals surface area contributed by atoms with E-state index in [4.69, 9.17) is 10.5 Å². The molecule has 1 aliphatic heterocycles. The van der Waals surface area contributed by atoms with Crippen LogP contribution >= 0.6 is 15.6 Å². The molecule has 0 saturated carbocycles. The summed E-state index contributed by atoms with van der Waals surface area (Å²) in [5.41, 5.74) is 5.00. The maximum atomic E-state index is 14.9. The van der Waals surface area contributed by atoms with E-state index in [9.17, 15) is 33.2 Å². The number of alkyl halides is 1. The number of phosphoric acid groups is 1. The first-order valence-corrected chi connectivity index (χ1v) is 12.2. The van der Waals surface area contributed by atoms with Gasteiger partial charge in [-0.05, 0) is 0 Å². The molecule has 6 atom stereocenters.